The highest BCUT2D eigenvalue weighted by molar-refractivity contribution is 9.10. The zero-order chi connectivity index (χ0) is 15.0. The molecule has 1 rings (SSSR count). The van der Waals surface area contributed by atoms with Gasteiger partial charge in [-0.25, -0.2) is 0 Å². The molecule has 1 aromatic rings. The van der Waals surface area contributed by atoms with Gasteiger partial charge >= 0.3 is 0 Å². The van der Waals surface area contributed by atoms with Gasteiger partial charge in [0, 0.05) is 10.5 Å². The molecule has 0 fully saturated rings. The van der Waals surface area contributed by atoms with Gasteiger partial charge in [0.15, 0.2) is 0 Å². The molecule has 1 aromatic carbocycles. The summed E-state index contributed by atoms with van der Waals surface area (Å²) in [6.45, 7) is 9.95. The van der Waals surface area contributed by atoms with E-state index in [-0.39, 0.29) is 0 Å². The van der Waals surface area contributed by atoms with Crippen molar-refractivity contribution in [2.75, 3.05) is 25.0 Å². The largest absolute Gasteiger partial charge is 0.382 e. The normalized spacial score (nSPS) is 12.2. The topological polar surface area (TPSA) is 39.1 Å². The minimum absolute atomic E-state index is 0.374. The van der Waals surface area contributed by atoms with Crippen LogP contribution in [0.3, 0.4) is 0 Å². The average molecular weight is 338 g/mol. The minimum Gasteiger partial charge on any atom is -0.382 e. The van der Waals surface area contributed by atoms with E-state index in [9.17, 15) is 0 Å². The van der Waals surface area contributed by atoms with E-state index in [1.807, 2.05) is 18.2 Å². The lowest BCUT2D eigenvalue weighted by atomic mass is 10.1. The van der Waals surface area contributed by atoms with E-state index in [1.54, 1.807) is 0 Å². The summed E-state index contributed by atoms with van der Waals surface area (Å²) in [5.74, 6) is 0. The van der Waals surface area contributed by atoms with Crippen LogP contribution in [0.25, 0.3) is 0 Å². The molecule has 20 heavy (non-hydrogen) atoms. The van der Waals surface area contributed by atoms with Gasteiger partial charge in [0.25, 0.3) is 0 Å². The SMILES string of the molecule is CCN(CC)CCCC(C)Nc1ccc(Br)cc1C#N. The minimum atomic E-state index is 0.374. The monoisotopic (exact) mass is 337 g/mol. The highest BCUT2D eigenvalue weighted by Crippen LogP contribution is 2.21. The van der Waals surface area contributed by atoms with Crippen molar-refractivity contribution in [3.63, 3.8) is 0 Å². The zero-order valence-electron chi connectivity index (χ0n) is 12.6. The molecule has 0 aliphatic carbocycles. The zero-order valence-corrected chi connectivity index (χ0v) is 14.2. The number of nitrogens with zero attached hydrogens (tertiary/aromatic N) is 2. The predicted molar refractivity (Wildman–Crippen MR) is 89.0 cm³/mol. The maximum atomic E-state index is 9.15. The number of hydrogen-bond acceptors (Lipinski definition) is 3. The summed E-state index contributed by atoms with van der Waals surface area (Å²) in [4.78, 5) is 2.44. The molecule has 0 radical (unpaired) electrons. The Bertz CT molecular complexity index is 450. The van der Waals surface area contributed by atoms with Gasteiger partial charge in [-0.2, -0.15) is 5.26 Å². The van der Waals surface area contributed by atoms with Gasteiger partial charge in [0.05, 0.1) is 11.3 Å². The third kappa shape index (κ3) is 5.52. The maximum Gasteiger partial charge on any atom is 0.101 e. The summed E-state index contributed by atoms with van der Waals surface area (Å²) in [5.41, 5.74) is 1.61. The molecular formula is C16H24BrN3. The van der Waals surface area contributed by atoms with Gasteiger partial charge in [-0.1, -0.05) is 29.8 Å². The molecule has 3 nitrogen and oxygen atoms in total. The number of rotatable bonds is 8. The van der Waals surface area contributed by atoms with Gasteiger partial charge < -0.3 is 10.2 Å². The Hall–Kier alpha value is -1.05. The van der Waals surface area contributed by atoms with Gasteiger partial charge in [-0.05, 0) is 57.6 Å². The van der Waals surface area contributed by atoms with Gasteiger partial charge in [-0.15, -0.1) is 0 Å². The van der Waals surface area contributed by atoms with Crippen LogP contribution in [-0.4, -0.2) is 30.6 Å². The lowest BCUT2D eigenvalue weighted by Crippen LogP contribution is -2.25. The van der Waals surface area contributed by atoms with E-state index in [0.29, 0.717) is 11.6 Å². The van der Waals surface area contributed by atoms with Crippen LogP contribution < -0.4 is 5.32 Å². The fourth-order valence-electron chi connectivity index (χ4n) is 2.23. The highest BCUT2D eigenvalue weighted by atomic mass is 79.9. The Morgan fingerprint density at radius 1 is 1.35 bits per heavy atom. The van der Waals surface area contributed by atoms with Gasteiger partial charge in [-0.3, -0.25) is 0 Å². The number of nitriles is 1. The standard InChI is InChI=1S/C16H24BrN3/c1-4-20(5-2)10-6-7-13(3)19-16-9-8-15(17)11-14(16)12-18/h8-9,11,13,19H,4-7,10H2,1-3H3. The lowest BCUT2D eigenvalue weighted by molar-refractivity contribution is 0.295. The molecule has 4 heteroatoms. The van der Waals surface area contributed by atoms with Crippen LogP contribution in [0.1, 0.15) is 39.2 Å². The van der Waals surface area contributed by atoms with E-state index in [0.717, 1.165) is 36.2 Å². The van der Waals surface area contributed by atoms with Gasteiger partial charge in [0.1, 0.15) is 6.07 Å². The Morgan fingerprint density at radius 2 is 2.05 bits per heavy atom. The Balaban J connectivity index is 2.47. The first-order chi connectivity index (χ1) is 9.60. The molecule has 0 aliphatic rings. The van der Waals surface area contributed by atoms with Crippen molar-refractivity contribution in [1.29, 1.82) is 5.26 Å². The third-order valence-corrected chi connectivity index (χ3v) is 4.00. The molecule has 0 aliphatic heterocycles. The summed E-state index contributed by atoms with van der Waals surface area (Å²) in [5, 5.41) is 12.6. The molecule has 0 saturated heterocycles. The first-order valence-corrected chi connectivity index (χ1v) is 8.08. The number of anilines is 1. The predicted octanol–water partition coefficient (Wildman–Crippen LogP) is 4.24. The first kappa shape index (κ1) is 17.0. The molecule has 0 heterocycles. The number of benzene rings is 1. The van der Waals surface area contributed by atoms with E-state index in [1.165, 1.54) is 6.42 Å². The van der Waals surface area contributed by atoms with Crippen molar-refractivity contribution in [3.05, 3.63) is 28.2 Å². The summed E-state index contributed by atoms with van der Waals surface area (Å²) in [6, 6.07) is 8.39. The van der Waals surface area contributed by atoms with Crippen LogP contribution in [0.5, 0.6) is 0 Å². The fourth-order valence-corrected chi connectivity index (χ4v) is 2.59. The number of halogens is 1. The van der Waals surface area contributed by atoms with Crippen LogP contribution in [0.2, 0.25) is 0 Å². The van der Waals surface area contributed by atoms with Crippen molar-refractivity contribution >= 4 is 21.6 Å². The third-order valence-electron chi connectivity index (χ3n) is 3.51. The molecular weight excluding hydrogens is 314 g/mol. The Labute approximate surface area is 131 Å². The summed E-state index contributed by atoms with van der Waals surface area (Å²) < 4.78 is 0.939. The molecule has 0 aromatic heterocycles. The van der Waals surface area contributed by atoms with Crippen molar-refractivity contribution in [2.24, 2.45) is 0 Å². The fraction of sp³-hybridized carbons (Fsp3) is 0.562. The van der Waals surface area contributed by atoms with Crippen LogP contribution in [-0.2, 0) is 0 Å². The van der Waals surface area contributed by atoms with Crippen LogP contribution >= 0.6 is 15.9 Å². The quantitative estimate of drug-likeness (QED) is 0.770. The second kappa shape index (κ2) is 8.99. The van der Waals surface area contributed by atoms with Gasteiger partial charge in [0.2, 0.25) is 0 Å². The lowest BCUT2D eigenvalue weighted by Gasteiger charge is -2.20. The van der Waals surface area contributed by atoms with E-state index < -0.39 is 0 Å². The second-order valence-electron chi connectivity index (χ2n) is 5.02. The molecule has 110 valence electrons. The van der Waals surface area contributed by atoms with Crippen LogP contribution in [0.15, 0.2) is 22.7 Å². The summed E-state index contributed by atoms with van der Waals surface area (Å²) in [6.07, 6.45) is 2.28. The number of nitrogens with one attached hydrogen (secondary N) is 1. The number of hydrogen-bond donors (Lipinski definition) is 1. The first-order valence-electron chi connectivity index (χ1n) is 7.29. The maximum absolute atomic E-state index is 9.15. The molecule has 0 saturated carbocycles. The van der Waals surface area contributed by atoms with Crippen molar-refractivity contribution in [1.82, 2.24) is 4.90 Å². The molecule has 1 N–H and O–H groups in total. The summed E-state index contributed by atoms with van der Waals surface area (Å²) in [7, 11) is 0. The smallest absolute Gasteiger partial charge is 0.101 e. The van der Waals surface area contributed by atoms with Crippen LogP contribution in [0, 0.1) is 11.3 Å². The van der Waals surface area contributed by atoms with E-state index >= 15 is 0 Å². The molecule has 1 unspecified atom stereocenters. The van der Waals surface area contributed by atoms with E-state index in [2.05, 4.69) is 53.0 Å². The molecule has 0 amide bonds. The molecule has 0 bridgehead atoms. The molecule has 0 spiro atoms. The Kier molecular flexibility index (Phi) is 7.64. The van der Waals surface area contributed by atoms with E-state index in [4.69, 9.17) is 5.26 Å². The average Bonchev–Trinajstić information content (AvgIpc) is 2.45. The summed E-state index contributed by atoms with van der Waals surface area (Å²) >= 11 is 3.39. The molecule has 1 atom stereocenters. The van der Waals surface area contributed by atoms with Crippen LogP contribution in [0.4, 0.5) is 5.69 Å². The highest BCUT2D eigenvalue weighted by Gasteiger charge is 2.07. The van der Waals surface area contributed by atoms with Crippen molar-refractivity contribution in [2.45, 2.75) is 39.7 Å². The second-order valence-corrected chi connectivity index (χ2v) is 5.93. The van der Waals surface area contributed by atoms with Crippen molar-refractivity contribution < 1.29 is 0 Å². The van der Waals surface area contributed by atoms with Crippen molar-refractivity contribution in [3.8, 4) is 6.07 Å². The Morgan fingerprint density at radius 3 is 2.65 bits per heavy atom.